The summed E-state index contributed by atoms with van der Waals surface area (Å²) in [6.45, 7) is 0.220. The van der Waals surface area contributed by atoms with Crippen LogP contribution in [0.3, 0.4) is 0 Å². The van der Waals surface area contributed by atoms with Crippen molar-refractivity contribution < 1.29 is 14.6 Å². The molecule has 0 aliphatic rings. The van der Waals surface area contributed by atoms with Gasteiger partial charge >= 0.3 is 5.97 Å². The van der Waals surface area contributed by atoms with Gasteiger partial charge in [-0.25, -0.2) is 9.78 Å². The zero-order chi connectivity index (χ0) is 14.8. The Bertz CT molecular complexity index is 808. The minimum Gasteiger partial charge on any atom is -0.484 e. The fourth-order valence-electron chi connectivity index (χ4n) is 2.24. The molecule has 5 heteroatoms. The molecule has 5 nitrogen and oxygen atoms in total. The second kappa shape index (κ2) is 5.28. The molecule has 21 heavy (non-hydrogen) atoms. The number of nitrogens with zero attached hydrogens (tertiary/aromatic N) is 2. The van der Waals surface area contributed by atoms with Gasteiger partial charge in [0, 0.05) is 24.8 Å². The van der Waals surface area contributed by atoms with E-state index in [4.69, 9.17) is 4.74 Å². The van der Waals surface area contributed by atoms with Gasteiger partial charge in [0.25, 0.3) is 0 Å². The van der Waals surface area contributed by atoms with Crippen molar-refractivity contribution in [3.05, 3.63) is 60.2 Å². The number of ether oxygens (including phenoxy) is 1. The van der Waals surface area contributed by atoms with Gasteiger partial charge in [-0.15, -0.1) is 0 Å². The fourth-order valence-corrected chi connectivity index (χ4v) is 2.24. The highest BCUT2D eigenvalue weighted by Gasteiger charge is 2.15. The van der Waals surface area contributed by atoms with Crippen molar-refractivity contribution in [3.63, 3.8) is 0 Å². The number of aromatic carboxylic acids is 1. The van der Waals surface area contributed by atoms with Crippen LogP contribution in [0.25, 0.3) is 10.8 Å². The summed E-state index contributed by atoms with van der Waals surface area (Å²) < 4.78 is 7.61. The Balaban J connectivity index is 2.04. The highest BCUT2D eigenvalue weighted by atomic mass is 16.5. The molecule has 0 aliphatic heterocycles. The lowest BCUT2D eigenvalue weighted by Crippen LogP contribution is -2.07. The first-order valence-corrected chi connectivity index (χ1v) is 6.51. The Morgan fingerprint density at radius 1 is 1.29 bits per heavy atom. The number of aromatic nitrogens is 2. The smallest absolute Gasteiger partial charge is 0.339 e. The summed E-state index contributed by atoms with van der Waals surface area (Å²) in [5.74, 6) is 0.110. The van der Waals surface area contributed by atoms with Gasteiger partial charge in [-0.05, 0) is 11.5 Å². The highest BCUT2D eigenvalue weighted by Crippen LogP contribution is 2.30. The van der Waals surface area contributed by atoms with E-state index in [1.807, 2.05) is 42.1 Å². The molecule has 3 rings (SSSR count). The van der Waals surface area contributed by atoms with Crippen molar-refractivity contribution in [3.8, 4) is 5.75 Å². The van der Waals surface area contributed by atoms with Crippen LogP contribution in [-0.2, 0) is 13.7 Å². The summed E-state index contributed by atoms with van der Waals surface area (Å²) in [7, 11) is 1.87. The van der Waals surface area contributed by atoms with Crippen molar-refractivity contribution in [1.29, 1.82) is 0 Å². The van der Waals surface area contributed by atoms with Crippen molar-refractivity contribution >= 4 is 16.7 Å². The predicted molar refractivity (Wildman–Crippen MR) is 78.4 cm³/mol. The molecule has 3 aromatic rings. The Morgan fingerprint density at radius 2 is 2.10 bits per heavy atom. The molecular weight excluding hydrogens is 268 g/mol. The largest absolute Gasteiger partial charge is 0.484 e. The van der Waals surface area contributed by atoms with Gasteiger partial charge in [0.2, 0.25) is 0 Å². The van der Waals surface area contributed by atoms with Crippen molar-refractivity contribution in [2.24, 2.45) is 7.05 Å². The van der Waals surface area contributed by atoms with E-state index in [1.54, 1.807) is 18.3 Å². The van der Waals surface area contributed by atoms with Crippen LogP contribution in [0.2, 0.25) is 0 Å². The van der Waals surface area contributed by atoms with E-state index in [2.05, 4.69) is 4.98 Å². The first-order valence-electron chi connectivity index (χ1n) is 6.51. The van der Waals surface area contributed by atoms with E-state index in [0.29, 0.717) is 5.75 Å². The summed E-state index contributed by atoms with van der Waals surface area (Å²) in [4.78, 5) is 15.6. The fraction of sp³-hybridized carbons (Fsp3) is 0.125. The molecule has 2 aromatic carbocycles. The molecule has 0 fully saturated rings. The topological polar surface area (TPSA) is 64.4 Å². The van der Waals surface area contributed by atoms with Crippen molar-refractivity contribution in [2.75, 3.05) is 0 Å². The molecule has 0 atom stereocenters. The standard InChI is InChI=1S/C16H14N2O3/c1-18-9-8-17-14(18)10-21-15-12-5-3-2-4-11(12)6-7-13(15)16(19)20/h2-9H,10H2,1H3,(H,19,20). The second-order valence-electron chi connectivity index (χ2n) is 4.71. The molecule has 0 aliphatic carbocycles. The van der Waals surface area contributed by atoms with Gasteiger partial charge < -0.3 is 14.4 Å². The average Bonchev–Trinajstić information content (AvgIpc) is 2.89. The van der Waals surface area contributed by atoms with Gasteiger partial charge in [0.15, 0.2) is 0 Å². The van der Waals surface area contributed by atoms with Gasteiger partial charge in [-0.3, -0.25) is 0 Å². The molecule has 1 N–H and O–H groups in total. The number of fused-ring (bicyclic) bond motifs is 1. The van der Waals surface area contributed by atoms with E-state index in [9.17, 15) is 9.90 Å². The van der Waals surface area contributed by atoms with Crippen LogP contribution in [-0.4, -0.2) is 20.6 Å². The average molecular weight is 282 g/mol. The van der Waals surface area contributed by atoms with Crippen molar-refractivity contribution in [1.82, 2.24) is 9.55 Å². The van der Waals surface area contributed by atoms with Crippen molar-refractivity contribution in [2.45, 2.75) is 6.61 Å². The molecule has 1 heterocycles. The van der Waals surface area contributed by atoms with Crippen LogP contribution in [0.5, 0.6) is 5.75 Å². The van der Waals surface area contributed by atoms with E-state index >= 15 is 0 Å². The quantitative estimate of drug-likeness (QED) is 0.799. The molecule has 0 bridgehead atoms. The summed E-state index contributed by atoms with van der Waals surface area (Å²) in [5.41, 5.74) is 0.155. The normalized spacial score (nSPS) is 10.7. The molecule has 106 valence electrons. The van der Waals surface area contributed by atoms with Gasteiger partial charge in [-0.2, -0.15) is 0 Å². The Kier molecular flexibility index (Phi) is 3.31. The third-order valence-electron chi connectivity index (χ3n) is 3.38. The van der Waals surface area contributed by atoms with Crippen LogP contribution in [0.1, 0.15) is 16.2 Å². The van der Waals surface area contributed by atoms with Gasteiger partial charge in [-0.1, -0.05) is 30.3 Å². The van der Waals surface area contributed by atoms with Crippen LogP contribution < -0.4 is 4.74 Å². The first-order chi connectivity index (χ1) is 10.2. The molecule has 0 saturated heterocycles. The second-order valence-corrected chi connectivity index (χ2v) is 4.71. The van der Waals surface area contributed by atoms with E-state index in [0.717, 1.165) is 16.6 Å². The summed E-state index contributed by atoms with van der Waals surface area (Å²) in [6.07, 6.45) is 3.50. The van der Waals surface area contributed by atoms with Gasteiger partial charge in [0.05, 0.1) is 0 Å². The number of imidazole rings is 1. The zero-order valence-electron chi connectivity index (χ0n) is 11.5. The number of hydrogen-bond acceptors (Lipinski definition) is 3. The van der Waals surface area contributed by atoms with Gasteiger partial charge in [0.1, 0.15) is 23.7 Å². The highest BCUT2D eigenvalue weighted by molar-refractivity contribution is 6.00. The molecule has 0 spiro atoms. The summed E-state index contributed by atoms with van der Waals surface area (Å²) in [6, 6.07) is 10.9. The minimum absolute atomic E-state index is 0.155. The monoisotopic (exact) mass is 282 g/mol. The third-order valence-corrected chi connectivity index (χ3v) is 3.38. The number of carbonyl (C=O) groups is 1. The molecule has 1 aromatic heterocycles. The van der Waals surface area contributed by atoms with Crippen LogP contribution in [0.15, 0.2) is 48.8 Å². The lowest BCUT2D eigenvalue weighted by Gasteiger charge is -2.12. The first kappa shape index (κ1) is 13.2. The Morgan fingerprint density at radius 3 is 2.81 bits per heavy atom. The van der Waals surface area contributed by atoms with E-state index in [1.165, 1.54) is 0 Å². The number of aryl methyl sites for hydroxylation is 1. The SMILES string of the molecule is Cn1ccnc1COc1c(C(=O)O)ccc2ccccc12. The van der Waals surface area contributed by atoms with E-state index in [-0.39, 0.29) is 12.2 Å². The van der Waals surface area contributed by atoms with Crippen LogP contribution in [0, 0.1) is 0 Å². The zero-order valence-corrected chi connectivity index (χ0v) is 11.5. The molecule has 0 radical (unpaired) electrons. The number of carboxylic acid groups (broad SMARTS) is 1. The van der Waals surface area contributed by atoms with Crippen LogP contribution in [0.4, 0.5) is 0 Å². The predicted octanol–water partition coefficient (Wildman–Crippen LogP) is 2.85. The molecule has 0 unspecified atom stereocenters. The maximum absolute atomic E-state index is 11.4. The third kappa shape index (κ3) is 2.45. The maximum atomic E-state index is 11.4. The Labute approximate surface area is 121 Å². The number of hydrogen-bond donors (Lipinski definition) is 1. The molecule has 0 amide bonds. The molecule has 0 saturated carbocycles. The molecular formula is C16H14N2O3. The maximum Gasteiger partial charge on any atom is 0.339 e. The van der Waals surface area contributed by atoms with E-state index < -0.39 is 5.97 Å². The minimum atomic E-state index is -1.00. The number of rotatable bonds is 4. The lowest BCUT2D eigenvalue weighted by molar-refractivity contribution is 0.0692. The summed E-state index contributed by atoms with van der Waals surface area (Å²) >= 11 is 0. The summed E-state index contributed by atoms with van der Waals surface area (Å²) in [5, 5.41) is 11.1. The Hall–Kier alpha value is -2.82. The van der Waals surface area contributed by atoms with Crippen LogP contribution >= 0.6 is 0 Å². The lowest BCUT2D eigenvalue weighted by atomic mass is 10.1. The number of carboxylic acids is 1. The number of benzene rings is 2.